The molecular weight excluding hydrogens is 809 g/mol. The van der Waals surface area contributed by atoms with Crippen molar-refractivity contribution in [3.63, 3.8) is 0 Å². The van der Waals surface area contributed by atoms with Gasteiger partial charge in [0.2, 0.25) is 0 Å². The molecule has 0 aromatic rings. The Balaban J connectivity index is 3.38. The second-order valence-corrected chi connectivity index (χ2v) is 24.6. The molecule has 0 aromatic carbocycles. The van der Waals surface area contributed by atoms with Crippen LogP contribution in [0.3, 0.4) is 0 Å². The van der Waals surface area contributed by atoms with Gasteiger partial charge in [-0.25, -0.2) is 0 Å². The van der Waals surface area contributed by atoms with Gasteiger partial charge in [0.25, 0.3) is 0 Å². The van der Waals surface area contributed by atoms with Gasteiger partial charge in [0.15, 0.2) is 15.3 Å². The number of hydrogen-bond acceptors (Lipinski definition) is 19. The summed E-state index contributed by atoms with van der Waals surface area (Å²) in [4.78, 5) is 35.6. The number of thioether (sulfide) groups is 13. The molecule has 1 unspecified atom stereocenters. The van der Waals surface area contributed by atoms with Gasteiger partial charge in [-0.1, -0.05) is 35.3 Å². The minimum atomic E-state index is -0.812. The first-order valence-electron chi connectivity index (χ1n) is 12.3. The summed E-state index contributed by atoms with van der Waals surface area (Å²) in [5, 5.41) is 22.4. The third kappa shape index (κ3) is 36.5. The highest BCUT2D eigenvalue weighted by Crippen LogP contribution is 2.22. The van der Waals surface area contributed by atoms with E-state index >= 15 is 0 Å². The standard InChI is InChI=1S/C22H40O6S14/c23-12-35-14-37-17-40-21(26)10-30-2-1-29-7-8-42(28)19-34-6-5-33-16-39-20(25)9-31-3-4-32-11-22(27)41-18-38-15-36-13-24/h23-24H,1-19H2. The van der Waals surface area contributed by atoms with Gasteiger partial charge in [-0.05, 0) is 0 Å². The molecule has 0 aliphatic heterocycles. The van der Waals surface area contributed by atoms with Gasteiger partial charge < -0.3 is 10.2 Å². The van der Waals surface area contributed by atoms with Gasteiger partial charge in [-0.15, -0.1) is 70.6 Å². The Morgan fingerprint density at radius 3 is 1.33 bits per heavy atom. The first kappa shape index (κ1) is 45.6. The minimum Gasteiger partial charge on any atom is -0.386 e. The molecule has 0 heterocycles. The van der Waals surface area contributed by atoms with E-state index in [1.165, 1.54) is 58.8 Å². The van der Waals surface area contributed by atoms with Crippen molar-refractivity contribution >= 4 is 179 Å². The molecule has 42 heavy (non-hydrogen) atoms. The van der Waals surface area contributed by atoms with Gasteiger partial charge in [0.05, 0.1) is 34.2 Å². The molecule has 0 radical (unpaired) electrons. The van der Waals surface area contributed by atoms with Gasteiger partial charge >= 0.3 is 0 Å². The Morgan fingerprint density at radius 2 is 0.857 bits per heavy atom. The number of carbonyl (C=O) groups is 3. The lowest BCUT2D eigenvalue weighted by Crippen LogP contribution is -2.04. The van der Waals surface area contributed by atoms with Gasteiger partial charge in [0.1, 0.15) is 0 Å². The summed E-state index contributed by atoms with van der Waals surface area (Å²) in [7, 11) is -0.812. The highest BCUT2D eigenvalue weighted by molar-refractivity contribution is 8.28. The Morgan fingerprint density at radius 1 is 0.452 bits per heavy atom. The first-order valence-corrected chi connectivity index (χ1v) is 28.3. The van der Waals surface area contributed by atoms with Crippen molar-refractivity contribution < 1.29 is 28.8 Å². The maximum atomic E-state index is 12.2. The Labute approximate surface area is 309 Å². The Hall–Kier alpha value is 3.63. The number of aliphatic hydroxyl groups excluding tert-OH is 2. The summed E-state index contributed by atoms with van der Waals surface area (Å²) in [6.45, 7) is 0. The predicted octanol–water partition coefficient (Wildman–Crippen LogP) is 6.49. The van der Waals surface area contributed by atoms with Crippen LogP contribution in [0.4, 0.5) is 0 Å². The lowest BCUT2D eigenvalue weighted by Gasteiger charge is -2.04. The molecule has 0 amide bonds. The molecule has 20 heteroatoms. The minimum absolute atomic E-state index is 0.116. The fraction of sp³-hybridized carbons (Fsp3) is 0.864. The maximum Gasteiger partial charge on any atom is 0.199 e. The zero-order valence-corrected chi connectivity index (χ0v) is 34.6. The van der Waals surface area contributed by atoms with Crippen molar-refractivity contribution in [2.75, 3.05) is 106 Å². The molecule has 0 fully saturated rings. The molecule has 6 nitrogen and oxygen atoms in total. The van der Waals surface area contributed by atoms with Crippen molar-refractivity contribution in [1.82, 2.24) is 0 Å². The second-order valence-electron chi connectivity index (χ2n) is 7.06. The number of rotatable bonds is 32. The molecule has 0 spiro atoms. The molecule has 248 valence electrons. The van der Waals surface area contributed by atoms with Crippen LogP contribution < -0.4 is 0 Å². The predicted molar refractivity (Wildman–Crippen MR) is 219 cm³/mol. The second kappa shape index (κ2) is 37.4. The molecule has 2 N–H and O–H groups in total. The SMILES string of the molecule is O=C(CSCCSCC(=O)SCSCSCO)SCSCCSCS(=O)CCSCCSCC(=O)SCSCSCO. The highest BCUT2D eigenvalue weighted by Gasteiger charge is 2.07. The van der Waals surface area contributed by atoms with Crippen molar-refractivity contribution in [2.45, 2.75) is 0 Å². The molecule has 0 aliphatic rings. The third-order valence-corrected chi connectivity index (χ3v) is 20.5. The summed E-state index contributed by atoms with van der Waals surface area (Å²) in [5.74, 6) is 8.84. The molecule has 0 bridgehead atoms. The maximum absolute atomic E-state index is 12.2. The smallest absolute Gasteiger partial charge is 0.199 e. The fourth-order valence-corrected chi connectivity index (χ4v) is 17.0. The van der Waals surface area contributed by atoms with Crippen LogP contribution in [-0.4, -0.2) is 135 Å². The van der Waals surface area contributed by atoms with E-state index in [2.05, 4.69) is 0 Å². The zero-order valence-electron chi connectivity index (χ0n) is 23.2. The van der Waals surface area contributed by atoms with E-state index in [-0.39, 0.29) is 27.2 Å². The van der Waals surface area contributed by atoms with Gasteiger partial charge in [-0.3, -0.25) is 18.6 Å². The first-order chi connectivity index (χ1) is 20.5. The van der Waals surface area contributed by atoms with E-state index in [1.807, 2.05) is 0 Å². The average molecular weight is 849 g/mol. The van der Waals surface area contributed by atoms with Crippen LogP contribution in [0.5, 0.6) is 0 Å². The molecular formula is C22H40O6S14. The van der Waals surface area contributed by atoms with Crippen LogP contribution in [0.2, 0.25) is 0 Å². The molecule has 0 saturated carbocycles. The largest absolute Gasteiger partial charge is 0.386 e. The fourth-order valence-electron chi connectivity index (χ4n) is 2.05. The third-order valence-electron chi connectivity index (χ3n) is 3.87. The van der Waals surface area contributed by atoms with E-state index in [0.717, 1.165) is 65.7 Å². The van der Waals surface area contributed by atoms with Crippen molar-refractivity contribution in [3.8, 4) is 0 Å². The summed E-state index contributed by atoms with van der Waals surface area (Å²) in [6, 6.07) is 0. The number of carbonyl (C=O) groups excluding carboxylic acids is 3. The molecule has 0 aromatic heterocycles. The van der Waals surface area contributed by atoms with Crippen LogP contribution in [0.1, 0.15) is 0 Å². The average Bonchev–Trinajstić information content (AvgIpc) is 2.97. The summed E-state index contributed by atoms with van der Waals surface area (Å²) in [6.07, 6.45) is 0. The molecule has 0 aliphatic carbocycles. The van der Waals surface area contributed by atoms with E-state index in [1.54, 1.807) is 94.1 Å². The summed E-state index contributed by atoms with van der Waals surface area (Å²) in [5.41, 5.74) is 0. The van der Waals surface area contributed by atoms with E-state index in [9.17, 15) is 18.6 Å². The summed E-state index contributed by atoms with van der Waals surface area (Å²) >= 11 is 20.4. The molecule has 0 rings (SSSR count). The van der Waals surface area contributed by atoms with Crippen LogP contribution in [0.25, 0.3) is 0 Å². The van der Waals surface area contributed by atoms with Crippen molar-refractivity contribution in [3.05, 3.63) is 0 Å². The Kier molecular flexibility index (Phi) is 40.7. The molecule has 0 saturated heterocycles. The van der Waals surface area contributed by atoms with Crippen LogP contribution in [0.15, 0.2) is 0 Å². The molecule has 1 atom stereocenters. The van der Waals surface area contributed by atoms with E-state index in [4.69, 9.17) is 10.2 Å². The number of hydrogen-bond donors (Lipinski definition) is 2. The topological polar surface area (TPSA) is 109 Å². The van der Waals surface area contributed by atoms with E-state index in [0.29, 0.717) is 28.1 Å². The highest BCUT2D eigenvalue weighted by atomic mass is 32.2. The van der Waals surface area contributed by atoms with Gasteiger partial charge in [-0.2, -0.15) is 47.0 Å². The quantitative estimate of drug-likeness (QED) is 0.0568. The zero-order chi connectivity index (χ0) is 30.9. The number of aliphatic hydroxyl groups is 2. The summed E-state index contributed by atoms with van der Waals surface area (Å²) < 4.78 is 12.2. The van der Waals surface area contributed by atoms with E-state index < -0.39 is 10.8 Å². The van der Waals surface area contributed by atoms with Crippen molar-refractivity contribution in [1.29, 1.82) is 0 Å². The monoisotopic (exact) mass is 848 g/mol. The van der Waals surface area contributed by atoms with Crippen LogP contribution in [-0.2, 0) is 25.2 Å². The lowest BCUT2D eigenvalue weighted by molar-refractivity contribution is -0.109. The van der Waals surface area contributed by atoms with Crippen LogP contribution in [0, 0.1) is 0 Å². The Bertz CT molecular complexity index is 694. The van der Waals surface area contributed by atoms with Gasteiger partial charge in [0, 0.05) is 82.2 Å². The lowest BCUT2D eigenvalue weighted by atomic mass is 10.9. The van der Waals surface area contributed by atoms with Crippen LogP contribution >= 0.6 is 153 Å². The normalized spacial score (nSPS) is 12.0. The van der Waals surface area contributed by atoms with Crippen molar-refractivity contribution in [2.24, 2.45) is 0 Å².